The van der Waals surface area contributed by atoms with Gasteiger partial charge < -0.3 is 20.3 Å². The first-order valence-electron chi connectivity index (χ1n) is 6.72. The standard InChI is InChI=1S/C16H20N2O3/c1-10-6-13(21-3)4-5-15(10)18-8-14-12(9-19)7-17-11(2)16(14)20/h4-7,18-20H,8-9H2,1-3H3. The van der Waals surface area contributed by atoms with Crippen molar-refractivity contribution in [3.05, 3.63) is 46.8 Å². The van der Waals surface area contributed by atoms with Gasteiger partial charge in [-0.05, 0) is 37.6 Å². The quantitative estimate of drug-likeness (QED) is 0.788. The van der Waals surface area contributed by atoms with Gasteiger partial charge in [0.15, 0.2) is 0 Å². The molecule has 112 valence electrons. The van der Waals surface area contributed by atoms with Gasteiger partial charge in [-0.25, -0.2) is 0 Å². The van der Waals surface area contributed by atoms with Gasteiger partial charge in [0, 0.05) is 29.6 Å². The summed E-state index contributed by atoms with van der Waals surface area (Å²) in [5.41, 5.74) is 3.84. The predicted octanol–water partition coefficient (Wildman–Crippen LogP) is 2.52. The van der Waals surface area contributed by atoms with Crippen LogP contribution in [0.3, 0.4) is 0 Å². The molecule has 0 saturated carbocycles. The van der Waals surface area contributed by atoms with Gasteiger partial charge in [-0.3, -0.25) is 4.98 Å². The van der Waals surface area contributed by atoms with Crippen molar-refractivity contribution in [3.63, 3.8) is 0 Å². The molecule has 0 aliphatic carbocycles. The van der Waals surface area contributed by atoms with Crippen molar-refractivity contribution in [2.75, 3.05) is 12.4 Å². The second kappa shape index (κ2) is 6.45. The molecule has 21 heavy (non-hydrogen) atoms. The summed E-state index contributed by atoms with van der Waals surface area (Å²) >= 11 is 0. The third-order valence-corrected chi connectivity index (χ3v) is 3.49. The van der Waals surface area contributed by atoms with E-state index in [1.54, 1.807) is 20.2 Å². The Bertz CT molecular complexity index is 642. The van der Waals surface area contributed by atoms with Gasteiger partial charge in [0.25, 0.3) is 0 Å². The maximum atomic E-state index is 10.1. The van der Waals surface area contributed by atoms with E-state index in [1.807, 2.05) is 25.1 Å². The first kappa shape index (κ1) is 15.1. The molecule has 5 heteroatoms. The number of hydrogen-bond acceptors (Lipinski definition) is 5. The number of nitrogens with one attached hydrogen (secondary N) is 1. The van der Waals surface area contributed by atoms with Gasteiger partial charge in [-0.15, -0.1) is 0 Å². The number of hydrogen-bond donors (Lipinski definition) is 3. The zero-order valence-corrected chi connectivity index (χ0v) is 12.5. The fourth-order valence-corrected chi connectivity index (χ4v) is 2.16. The Morgan fingerprint density at radius 3 is 2.67 bits per heavy atom. The summed E-state index contributed by atoms with van der Waals surface area (Å²) in [6.45, 7) is 3.98. The number of aliphatic hydroxyl groups excluding tert-OH is 1. The van der Waals surface area contributed by atoms with Crippen molar-refractivity contribution in [1.82, 2.24) is 4.98 Å². The highest BCUT2D eigenvalue weighted by molar-refractivity contribution is 5.55. The molecule has 2 rings (SSSR count). The maximum Gasteiger partial charge on any atom is 0.142 e. The number of pyridine rings is 1. The average molecular weight is 288 g/mol. The minimum absolute atomic E-state index is 0.125. The van der Waals surface area contributed by atoms with Crippen molar-refractivity contribution < 1.29 is 14.9 Å². The molecule has 0 atom stereocenters. The van der Waals surface area contributed by atoms with Gasteiger partial charge in [-0.2, -0.15) is 0 Å². The normalized spacial score (nSPS) is 10.5. The summed E-state index contributed by atoms with van der Waals surface area (Å²) in [6, 6.07) is 5.74. The zero-order valence-electron chi connectivity index (χ0n) is 12.5. The largest absolute Gasteiger partial charge is 0.506 e. The lowest BCUT2D eigenvalue weighted by Gasteiger charge is -2.15. The number of aliphatic hydroxyl groups is 1. The SMILES string of the molecule is COc1ccc(NCc2c(CO)cnc(C)c2O)c(C)c1. The topological polar surface area (TPSA) is 74.6 Å². The fourth-order valence-electron chi connectivity index (χ4n) is 2.16. The van der Waals surface area contributed by atoms with Gasteiger partial charge in [-0.1, -0.05) is 0 Å². The molecule has 3 N–H and O–H groups in total. The second-order valence-corrected chi connectivity index (χ2v) is 4.89. The monoisotopic (exact) mass is 288 g/mol. The first-order chi connectivity index (χ1) is 10.1. The minimum Gasteiger partial charge on any atom is -0.506 e. The van der Waals surface area contributed by atoms with Gasteiger partial charge >= 0.3 is 0 Å². The third kappa shape index (κ3) is 3.25. The van der Waals surface area contributed by atoms with E-state index in [-0.39, 0.29) is 12.4 Å². The van der Waals surface area contributed by atoms with E-state index >= 15 is 0 Å². The Morgan fingerprint density at radius 2 is 2.05 bits per heavy atom. The molecule has 0 unspecified atom stereocenters. The number of benzene rings is 1. The van der Waals surface area contributed by atoms with Crippen LogP contribution < -0.4 is 10.1 Å². The molecule has 0 amide bonds. The van der Waals surface area contributed by atoms with Crippen LogP contribution >= 0.6 is 0 Å². The fraction of sp³-hybridized carbons (Fsp3) is 0.312. The van der Waals surface area contributed by atoms with E-state index in [4.69, 9.17) is 4.74 Å². The molecular weight excluding hydrogens is 268 g/mol. The predicted molar refractivity (Wildman–Crippen MR) is 81.6 cm³/mol. The third-order valence-electron chi connectivity index (χ3n) is 3.49. The molecule has 0 saturated heterocycles. The van der Waals surface area contributed by atoms with Crippen molar-refractivity contribution in [1.29, 1.82) is 0 Å². The highest BCUT2D eigenvalue weighted by Gasteiger charge is 2.11. The number of aryl methyl sites for hydroxylation is 2. The van der Waals surface area contributed by atoms with E-state index in [2.05, 4.69) is 10.3 Å². The van der Waals surface area contributed by atoms with Crippen LogP contribution in [0.1, 0.15) is 22.4 Å². The van der Waals surface area contributed by atoms with Crippen molar-refractivity contribution in [2.45, 2.75) is 27.0 Å². The van der Waals surface area contributed by atoms with E-state index in [0.29, 0.717) is 23.4 Å². The number of ether oxygens (including phenoxy) is 1. The van der Waals surface area contributed by atoms with Gasteiger partial charge in [0.2, 0.25) is 0 Å². The second-order valence-electron chi connectivity index (χ2n) is 4.89. The van der Waals surface area contributed by atoms with Crippen molar-refractivity contribution >= 4 is 5.69 Å². The van der Waals surface area contributed by atoms with E-state index in [1.165, 1.54) is 0 Å². The lowest BCUT2D eigenvalue weighted by atomic mass is 10.1. The number of aromatic hydroxyl groups is 1. The minimum atomic E-state index is -0.153. The van der Waals surface area contributed by atoms with Crippen LogP contribution in [0.15, 0.2) is 24.4 Å². The summed E-state index contributed by atoms with van der Waals surface area (Å²) in [5, 5.41) is 22.7. The number of aromatic nitrogens is 1. The Morgan fingerprint density at radius 1 is 1.29 bits per heavy atom. The molecule has 0 bridgehead atoms. The van der Waals surface area contributed by atoms with Crippen LogP contribution in [0.5, 0.6) is 11.5 Å². The van der Waals surface area contributed by atoms with E-state index in [0.717, 1.165) is 17.0 Å². The molecule has 5 nitrogen and oxygen atoms in total. The maximum absolute atomic E-state index is 10.1. The van der Waals surface area contributed by atoms with Gasteiger partial charge in [0.1, 0.15) is 11.5 Å². The molecule has 0 fully saturated rings. The highest BCUT2D eigenvalue weighted by Crippen LogP contribution is 2.26. The van der Waals surface area contributed by atoms with Gasteiger partial charge in [0.05, 0.1) is 19.4 Å². The smallest absolute Gasteiger partial charge is 0.142 e. The molecule has 0 radical (unpaired) electrons. The lowest BCUT2D eigenvalue weighted by molar-refractivity contribution is 0.279. The average Bonchev–Trinajstić information content (AvgIpc) is 2.49. The van der Waals surface area contributed by atoms with E-state index < -0.39 is 0 Å². The Labute approximate surface area is 124 Å². The summed E-state index contributed by atoms with van der Waals surface area (Å²) < 4.78 is 5.18. The molecule has 0 aliphatic heterocycles. The van der Waals surface area contributed by atoms with Crippen LogP contribution in [0.4, 0.5) is 5.69 Å². The first-order valence-corrected chi connectivity index (χ1v) is 6.72. The summed E-state index contributed by atoms with van der Waals surface area (Å²) in [5.74, 6) is 0.928. The molecule has 0 spiro atoms. The van der Waals surface area contributed by atoms with Crippen LogP contribution in [-0.2, 0) is 13.2 Å². The molecule has 1 heterocycles. The molecular formula is C16H20N2O3. The Hall–Kier alpha value is -2.27. The highest BCUT2D eigenvalue weighted by atomic mass is 16.5. The van der Waals surface area contributed by atoms with Crippen molar-refractivity contribution in [2.24, 2.45) is 0 Å². The Kier molecular flexibility index (Phi) is 4.65. The van der Waals surface area contributed by atoms with Crippen LogP contribution in [-0.4, -0.2) is 22.3 Å². The zero-order chi connectivity index (χ0) is 15.4. The van der Waals surface area contributed by atoms with Crippen LogP contribution in [0.25, 0.3) is 0 Å². The van der Waals surface area contributed by atoms with E-state index in [9.17, 15) is 10.2 Å². The number of methoxy groups -OCH3 is 1. The molecule has 2 aromatic rings. The van der Waals surface area contributed by atoms with Crippen molar-refractivity contribution in [3.8, 4) is 11.5 Å². The molecule has 0 aliphatic rings. The Balaban J connectivity index is 2.22. The molecule has 1 aromatic heterocycles. The number of nitrogens with zero attached hydrogens (tertiary/aromatic N) is 1. The molecule has 1 aromatic carbocycles. The summed E-state index contributed by atoms with van der Waals surface area (Å²) in [4.78, 5) is 4.05. The number of rotatable bonds is 5. The summed E-state index contributed by atoms with van der Waals surface area (Å²) in [7, 11) is 1.63. The van der Waals surface area contributed by atoms with Crippen LogP contribution in [0, 0.1) is 13.8 Å². The summed E-state index contributed by atoms with van der Waals surface area (Å²) in [6.07, 6.45) is 1.59. The number of anilines is 1. The lowest BCUT2D eigenvalue weighted by Crippen LogP contribution is -2.06. The van der Waals surface area contributed by atoms with Crippen LogP contribution in [0.2, 0.25) is 0 Å².